The van der Waals surface area contributed by atoms with E-state index in [0.29, 0.717) is 4.88 Å². The molecule has 1 aromatic heterocycles. The molecule has 1 amide bonds. The van der Waals surface area contributed by atoms with Crippen LogP contribution in [-0.2, 0) is 10.0 Å². The van der Waals surface area contributed by atoms with Gasteiger partial charge in [-0.25, -0.2) is 13.6 Å². The summed E-state index contributed by atoms with van der Waals surface area (Å²) in [5.41, 5.74) is 1.06. The van der Waals surface area contributed by atoms with Gasteiger partial charge in [0.05, 0.1) is 10.6 Å². The lowest BCUT2D eigenvalue weighted by Gasteiger charge is -2.01. The number of hydrogen-bond donors (Lipinski definition) is 2. The number of thiophene rings is 1. The second-order valence-electron chi connectivity index (χ2n) is 3.47. The molecule has 0 saturated carbocycles. The second kappa shape index (κ2) is 4.94. The zero-order valence-corrected chi connectivity index (χ0v) is 10.7. The van der Waals surface area contributed by atoms with Crippen LogP contribution in [0.1, 0.15) is 20.1 Å². The van der Waals surface area contributed by atoms with Crippen LogP contribution in [0.3, 0.4) is 0 Å². The minimum Gasteiger partial charge on any atom is -0.350 e. The molecule has 3 N–H and O–H groups in total. The number of hydrogen-bond acceptors (Lipinski definition) is 4. The monoisotopic (exact) mass is 262 g/mol. The fraction of sp³-hybridized carbons (Fsp3) is 0.444. The van der Waals surface area contributed by atoms with Crippen molar-refractivity contribution in [1.29, 1.82) is 0 Å². The molecule has 90 valence electrons. The molecule has 0 aliphatic rings. The number of sulfonamides is 1. The van der Waals surface area contributed by atoms with E-state index in [-0.39, 0.29) is 18.2 Å². The van der Waals surface area contributed by atoms with Gasteiger partial charge in [0, 0.05) is 11.4 Å². The molecule has 0 spiro atoms. The molecule has 1 aromatic rings. The minimum atomic E-state index is -3.52. The highest BCUT2D eigenvalue weighted by Gasteiger charge is 2.10. The summed E-state index contributed by atoms with van der Waals surface area (Å²) in [7, 11) is -3.52. The van der Waals surface area contributed by atoms with Gasteiger partial charge in [-0.1, -0.05) is 0 Å². The topological polar surface area (TPSA) is 89.3 Å². The zero-order valence-electron chi connectivity index (χ0n) is 9.11. The number of carbonyl (C=O) groups is 1. The normalized spacial score (nSPS) is 11.4. The smallest absolute Gasteiger partial charge is 0.261 e. The molecule has 0 radical (unpaired) electrons. The molecule has 16 heavy (non-hydrogen) atoms. The summed E-state index contributed by atoms with van der Waals surface area (Å²) in [5.74, 6) is -0.507. The summed E-state index contributed by atoms with van der Waals surface area (Å²) < 4.78 is 21.3. The molecule has 0 atom stereocenters. The minimum absolute atomic E-state index is 0.0354. The Balaban J connectivity index is 2.54. The molecular formula is C9H14N2O3S2. The van der Waals surface area contributed by atoms with Crippen molar-refractivity contribution >= 4 is 27.3 Å². The molecule has 1 heterocycles. The van der Waals surface area contributed by atoms with E-state index in [2.05, 4.69) is 5.32 Å². The van der Waals surface area contributed by atoms with Crippen molar-refractivity contribution in [1.82, 2.24) is 5.32 Å². The number of nitrogens with one attached hydrogen (secondary N) is 1. The van der Waals surface area contributed by atoms with Gasteiger partial charge in [0.15, 0.2) is 0 Å². The van der Waals surface area contributed by atoms with Gasteiger partial charge in [-0.05, 0) is 25.5 Å². The third-order valence-electron chi connectivity index (χ3n) is 2.06. The first-order chi connectivity index (χ1) is 7.29. The van der Waals surface area contributed by atoms with Crippen LogP contribution in [0.5, 0.6) is 0 Å². The number of primary sulfonamides is 1. The maximum atomic E-state index is 11.6. The highest BCUT2D eigenvalue weighted by atomic mass is 32.2. The van der Waals surface area contributed by atoms with E-state index in [1.165, 1.54) is 11.3 Å². The van der Waals surface area contributed by atoms with E-state index < -0.39 is 10.0 Å². The molecule has 0 fully saturated rings. The van der Waals surface area contributed by atoms with E-state index in [1.54, 1.807) is 6.07 Å². The van der Waals surface area contributed by atoms with Gasteiger partial charge >= 0.3 is 0 Å². The van der Waals surface area contributed by atoms with E-state index >= 15 is 0 Å². The summed E-state index contributed by atoms with van der Waals surface area (Å²) in [5, 5.41) is 7.32. The van der Waals surface area contributed by atoms with Crippen molar-refractivity contribution in [2.75, 3.05) is 12.3 Å². The van der Waals surface area contributed by atoms with Gasteiger partial charge in [0.1, 0.15) is 0 Å². The van der Waals surface area contributed by atoms with Gasteiger partial charge in [0.2, 0.25) is 10.0 Å². The first kappa shape index (κ1) is 13.1. The largest absolute Gasteiger partial charge is 0.350 e. The van der Waals surface area contributed by atoms with Gasteiger partial charge in [0.25, 0.3) is 5.91 Å². The van der Waals surface area contributed by atoms with Crippen LogP contribution >= 0.6 is 11.3 Å². The van der Waals surface area contributed by atoms with Gasteiger partial charge in [-0.3, -0.25) is 4.79 Å². The van der Waals surface area contributed by atoms with Crippen LogP contribution in [0.25, 0.3) is 0 Å². The maximum absolute atomic E-state index is 11.6. The molecule has 0 aliphatic carbocycles. The average Bonchev–Trinajstić information content (AvgIpc) is 2.45. The van der Waals surface area contributed by atoms with Crippen molar-refractivity contribution in [3.05, 3.63) is 21.4 Å². The Kier molecular flexibility index (Phi) is 4.06. The van der Waals surface area contributed by atoms with E-state index in [1.807, 2.05) is 13.8 Å². The predicted molar refractivity (Wildman–Crippen MR) is 64.1 cm³/mol. The van der Waals surface area contributed by atoms with Crippen LogP contribution in [0.2, 0.25) is 0 Å². The Bertz CT molecular complexity index is 471. The average molecular weight is 262 g/mol. The summed E-state index contributed by atoms with van der Waals surface area (Å²) in [6.07, 6.45) is 0. The first-order valence-electron chi connectivity index (χ1n) is 4.65. The number of rotatable bonds is 4. The van der Waals surface area contributed by atoms with Crippen molar-refractivity contribution < 1.29 is 13.2 Å². The second-order valence-corrected chi connectivity index (χ2v) is 6.46. The Morgan fingerprint density at radius 1 is 1.50 bits per heavy atom. The van der Waals surface area contributed by atoms with Crippen molar-refractivity contribution in [3.8, 4) is 0 Å². The van der Waals surface area contributed by atoms with Gasteiger partial charge in [-0.15, -0.1) is 11.3 Å². The summed E-state index contributed by atoms with van der Waals surface area (Å²) in [4.78, 5) is 13.2. The number of amides is 1. The summed E-state index contributed by atoms with van der Waals surface area (Å²) in [6, 6.07) is 1.78. The van der Waals surface area contributed by atoms with Crippen LogP contribution in [0.4, 0.5) is 0 Å². The van der Waals surface area contributed by atoms with Crippen molar-refractivity contribution in [2.45, 2.75) is 13.8 Å². The lowest BCUT2D eigenvalue weighted by Crippen LogP contribution is -2.31. The molecule has 7 heteroatoms. The quantitative estimate of drug-likeness (QED) is 0.822. The molecule has 0 saturated heterocycles. The molecule has 0 aliphatic heterocycles. The zero-order chi connectivity index (χ0) is 12.3. The lowest BCUT2D eigenvalue weighted by molar-refractivity contribution is 0.0960. The van der Waals surface area contributed by atoms with Crippen molar-refractivity contribution in [2.24, 2.45) is 5.14 Å². The number of aryl methyl sites for hydroxylation is 2. The summed E-state index contributed by atoms with van der Waals surface area (Å²) in [6.45, 7) is 3.89. The SMILES string of the molecule is Cc1cc(C(=O)NCCS(N)(=O)=O)sc1C. The Hall–Kier alpha value is -0.920. The predicted octanol–water partition coefficient (Wildman–Crippen LogP) is 0.383. The van der Waals surface area contributed by atoms with E-state index in [4.69, 9.17) is 5.14 Å². The highest BCUT2D eigenvalue weighted by Crippen LogP contribution is 2.20. The van der Waals surface area contributed by atoms with Gasteiger partial charge in [-0.2, -0.15) is 0 Å². The fourth-order valence-corrected chi connectivity index (χ4v) is 2.42. The molecule has 0 unspecified atom stereocenters. The number of nitrogens with two attached hydrogens (primary N) is 1. The molecule has 1 rings (SSSR count). The summed E-state index contributed by atoms with van der Waals surface area (Å²) >= 11 is 1.39. The third-order valence-corrected chi connectivity index (χ3v) is 3.99. The standard InChI is InChI=1S/C9H14N2O3S2/c1-6-5-8(15-7(6)2)9(12)11-3-4-16(10,13)14/h5H,3-4H2,1-2H3,(H,11,12)(H2,10,13,14). The lowest BCUT2D eigenvalue weighted by atomic mass is 10.3. The van der Waals surface area contributed by atoms with Crippen LogP contribution in [0, 0.1) is 13.8 Å². The van der Waals surface area contributed by atoms with Crippen LogP contribution in [-0.4, -0.2) is 26.6 Å². The van der Waals surface area contributed by atoms with Crippen LogP contribution < -0.4 is 10.5 Å². The first-order valence-corrected chi connectivity index (χ1v) is 7.18. The number of carbonyl (C=O) groups excluding carboxylic acids is 1. The van der Waals surface area contributed by atoms with E-state index in [0.717, 1.165) is 10.4 Å². The molecule has 0 bridgehead atoms. The Morgan fingerprint density at radius 2 is 2.12 bits per heavy atom. The fourth-order valence-electron chi connectivity index (χ4n) is 1.08. The van der Waals surface area contributed by atoms with Crippen LogP contribution in [0.15, 0.2) is 6.07 Å². The maximum Gasteiger partial charge on any atom is 0.261 e. The third kappa shape index (κ3) is 3.92. The van der Waals surface area contributed by atoms with E-state index in [9.17, 15) is 13.2 Å². The Morgan fingerprint density at radius 3 is 2.56 bits per heavy atom. The Labute approximate surface area is 98.7 Å². The van der Waals surface area contributed by atoms with Crippen molar-refractivity contribution in [3.63, 3.8) is 0 Å². The van der Waals surface area contributed by atoms with Gasteiger partial charge < -0.3 is 5.32 Å². The molecule has 5 nitrogen and oxygen atoms in total. The molecular weight excluding hydrogens is 248 g/mol. The molecule has 0 aromatic carbocycles. The highest BCUT2D eigenvalue weighted by molar-refractivity contribution is 7.89.